The Kier molecular flexibility index (Phi) is 7.24. The summed E-state index contributed by atoms with van der Waals surface area (Å²) in [5.74, 6) is 1.42. The molecular weight excluding hydrogens is 368 g/mol. The van der Waals surface area contributed by atoms with Crippen LogP contribution in [0.4, 0.5) is 10.5 Å². The molecule has 7 heteroatoms. The lowest BCUT2D eigenvalue weighted by Crippen LogP contribution is -2.37. The molecule has 0 radical (unpaired) electrons. The number of carbonyl (C=O) groups is 1. The van der Waals surface area contributed by atoms with E-state index in [1.165, 1.54) is 5.56 Å². The van der Waals surface area contributed by atoms with Gasteiger partial charge in [-0.3, -0.25) is 0 Å². The van der Waals surface area contributed by atoms with Crippen LogP contribution >= 0.6 is 0 Å². The number of hydrogen-bond donors (Lipinski definition) is 1. The van der Waals surface area contributed by atoms with Gasteiger partial charge in [0.25, 0.3) is 0 Å². The fourth-order valence-corrected chi connectivity index (χ4v) is 2.98. The van der Waals surface area contributed by atoms with Gasteiger partial charge in [0.2, 0.25) is 0 Å². The number of imidazole rings is 1. The average molecular weight is 394 g/mol. The molecule has 0 aliphatic rings. The van der Waals surface area contributed by atoms with Crippen LogP contribution in [0.2, 0.25) is 0 Å². The molecule has 3 rings (SSSR count). The Morgan fingerprint density at radius 2 is 1.86 bits per heavy atom. The normalized spacial score (nSPS) is 10.6. The van der Waals surface area contributed by atoms with Gasteiger partial charge < -0.3 is 24.3 Å². The van der Waals surface area contributed by atoms with E-state index in [2.05, 4.69) is 22.4 Å². The number of benzene rings is 2. The van der Waals surface area contributed by atoms with Crippen molar-refractivity contribution < 1.29 is 14.3 Å². The molecular formula is C22H26N4O3. The second kappa shape index (κ2) is 10.3. The summed E-state index contributed by atoms with van der Waals surface area (Å²) in [4.78, 5) is 19.1. The van der Waals surface area contributed by atoms with Crippen LogP contribution in [0.3, 0.4) is 0 Å². The Morgan fingerprint density at radius 1 is 1.10 bits per heavy atom. The van der Waals surface area contributed by atoms with Crippen molar-refractivity contribution in [1.29, 1.82) is 0 Å². The van der Waals surface area contributed by atoms with E-state index < -0.39 is 0 Å². The Bertz CT molecular complexity index is 911. The molecule has 0 aliphatic heterocycles. The monoisotopic (exact) mass is 394 g/mol. The third-order valence-corrected chi connectivity index (χ3v) is 4.53. The van der Waals surface area contributed by atoms with Gasteiger partial charge in [-0.15, -0.1) is 0 Å². The number of nitrogens with zero attached hydrogens (tertiary/aromatic N) is 3. The first-order valence-electron chi connectivity index (χ1n) is 9.43. The molecule has 1 aromatic heterocycles. The van der Waals surface area contributed by atoms with Crippen LogP contribution in [0.1, 0.15) is 11.4 Å². The highest BCUT2D eigenvalue weighted by Gasteiger charge is 2.18. The predicted molar refractivity (Wildman–Crippen MR) is 112 cm³/mol. The van der Waals surface area contributed by atoms with Crippen molar-refractivity contribution in [3.63, 3.8) is 0 Å². The first kappa shape index (κ1) is 20.4. The second-order valence-electron chi connectivity index (χ2n) is 6.50. The molecule has 0 bridgehead atoms. The molecule has 0 saturated carbocycles. The van der Waals surface area contributed by atoms with Crippen LogP contribution in [0.5, 0.6) is 5.75 Å². The fourth-order valence-electron chi connectivity index (χ4n) is 2.98. The standard InChI is InChI=1S/C22H26N4O3/c1-28-15-14-26(22(27)24-19-10-6-7-11-20(19)29-2)17-21-23-12-13-25(21)16-18-8-4-3-5-9-18/h3-13H,14-17H2,1-2H3,(H,24,27). The van der Waals surface area contributed by atoms with Crippen molar-refractivity contribution in [3.05, 3.63) is 78.4 Å². The van der Waals surface area contributed by atoms with Crippen LogP contribution < -0.4 is 10.1 Å². The number of urea groups is 1. The van der Waals surface area contributed by atoms with Crippen molar-refractivity contribution in [3.8, 4) is 5.75 Å². The van der Waals surface area contributed by atoms with Gasteiger partial charge >= 0.3 is 6.03 Å². The topological polar surface area (TPSA) is 68.6 Å². The molecule has 0 atom stereocenters. The summed E-state index contributed by atoms with van der Waals surface area (Å²) in [6, 6.07) is 17.2. The van der Waals surface area contributed by atoms with Gasteiger partial charge in [-0.2, -0.15) is 0 Å². The molecule has 0 fully saturated rings. The Balaban J connectivity index is 1.74. The third kappa shape index (κ3) is 5.58. The number of rotatable bonds is 9. The van der Waals surface area contributed by atoms with Gasteiger partial charge in [-0.1, -0.05) is 42.5 Å². The van der Waals surface area contributed by atoms with Gasteiger partial charge in [0, 0.05) is 32.6 Å². The van der Waals surface area contributed by atoms with Crippen molar-refractivity contribution in [2.45, 2.75) is 13.1 Å². The number of para-hydroxylation sites is 2. The molecule has 0 spiro atoms. The first-order chi connectivity index (χ1) is 14.2. The number of aromatic nitrogens is 2. The summed E-state index contributed by atoms with van der Waals surface area (Å²) in [7, 11) is 3.20. The van der Waals surface area contributed by atoms with E-state index in [0.717, 1.165) is 5.82 Å². The largest absolute Gasteiger partial charge is 0.495 e. The fraction of sp³-hybridized carbons (Fsp3) is 0.273. The molecule has 1 N–H and O–H groups in total. The molecule has 2 amide bonds. The number of nitrogens with one attached hydrogen (secondary N) is 1. The molecule has 7 nitrogen and oxygen atoms in total. The van der Waals surface area contributed by atoms with E-state index in [4.69, 9.17) is 9.47 Å². The maximum absolute atomic E-state index is 12.9. The van der Waals surface area contributed by atoms with Crippen molar-refractivity contribution >= 4 is 11.7 Å². The summed E-state index contributed by atoms with van der Waals surface area (Å²) in [5, 5.41) is 2.92. The van der Waals surface area contributed by atoms with Crippen molar-refractivity contribution in [2.75, 3.05) is 32.7 Å². The molecule has 0 unspecified atom stereocenters. The van der Waals surface area contributed by atoms with Gasteiger partial charge in [0.1, 0.15) is 11.6 Å². The number of hydrogen-bond acceptors (Lipinski definition) is 4. The van der Waals surface area contributed by atoms with E-state index in [1.54, 1.807) is 25.3 Å². The van der Waals surface area contributed by atoms with Gasteiger partial charge in [-0.05, 0) is 17.7 Å². The lowest BCUT2D eigenvalue weighted by molar-refractivity contribution is 0.151. The van der Waals surface area contributed by atoms with E-state index >= 15 is 0 Å². The smallest absolute Gasteiger partial charge is 0.322 e. The number of carbonyl (C=O) groups excluding carboxylic acids is 1. The minimum atomic E-state index is -0.235. The van der Waals surface area contributed by atoms with E-state index in [1.807, 2.05) is 53.2 Å². The van der Waals surface area contributed by atoms with Gasteiger partial charge in [-0.25, -0.2) is 9.78 Å². The van der Waals surface area contributed by atoms with Crippen LogP contribution in [-0.4, -0.2) is 47.9 Å². The molecule has 0 aliphatic carbocycles. The van der Waals surface area contributed by atoms with Gasteiger partial charge in [0.05, 0.1) is 25.9 Å². The molecule has 2 aromatic carbocycles. The van der Waals surface area contributed by atoms with Crippen LogP contribution in [0.25, 0.3) is 0 Å². The van der Waals surface area contributed by atoms with Crippen LogP contribution in [0.15, 0.2) is 67.0 Å². The minimum Gasteiger partial charge on any atom is -0.495 e. The predicted octanol–water partition coefficient (Wildman–Crippen LogP) is 3.62. The maximum Gasteiger partial charge on any atom is 0.322 e. The molecule has 29 heavy (non-hydrogen) atoms. The summed E-state index contributed by atoms with van der Waals surface area (Å²) >= 11 is 0. The lowest BCUT2D eigenvalue weighted by Gasteiger charge is -2.23. The first-order valence-corrected chi connectivity index (χ1v) is 9.43. The van der Waals surface area contributed by atoms with E-state index in [9.17, 15) is 4.79 Å². The summed E-state index contributed by atoms with van der Waals surface area (Å²) < 4.78 is 12.6. The highest BCUT2D eigenvalue weighted by molar-refractivity contribution is 5.90. The lowest BCUT2D eigenvalue weighted by atomic mass is 10.2. The van der Waals surface area contributed by atoms with Crippen LogP contribution in [0, 0.1) is 0 Å². The average Bonchev–Trinajstić information content (AvgIpc) is 3.18. The van der Waals surface area contributed by atoms with Crippen molar-refractivity contribution in [2.24, 2.45) is 0 Å². The zero-order chi connectivity index (χ0) is 20.5. The Hall–Kier alpha value is -3.32. The Labute approximate surface area is 170 Å². The summed E-state index contributed by atoms with van der Waals surface area (Å²) in [5.41, 5.74) is 1.80. The number of anilines is 1. The molecule has 1 heterocycles. The summed E-state index contributed by atoms with van der Waals surface area (Å²) in [6.45, 7) is 1.93. The third-order valence-electron chi connectivity index (χ3n) is 4.53. The zero-order valence-electron chi connectivity index (χ0n) is 16.7. The highest BCUT2D eigenvalue weighted by atomic mass is 16.5. The maximum atomic E-state index is 12.9. The minimum absolute atomic E-state index is 0.235. The van der Waals surface area contributed by atoms with E-state index in [0.29, 0.717) is 37.7 Å². The molecule has 0 saturated heterocycles. The molecule has 3 aromatic rings. The zero-order valence-corrected chi connectivity index (χ0v) is 16.7. The van der Waals surface area contributed by atoms with E-state index in [-0.39, 0.29) is 6.03 Å². The molecule has 152 valence electrons. The SMILES string of the molecule is COCCN(Cc1nccn1Cc1ccccc1)C(=O)Nc1ccccc1OC. The number of ether oxygens (including phenoxy) is 2. The van der Waals surface area contributed by atoms with Crippen molar-refractivity contribution in [1.82, 2.24) is 14.5 Å². The number of amides is 2. The highest BCUT2D eigenvalue weighted by Crippen LogP contribution is 2.23. The second-order valence-corrected chi connectivity index (χ2v) is 6.50. The number of methoxy groups -OCH3 is 2. The Morgan fingerprint density at radius 3 is 2.62 bits per heavy atom. The van der Waals surface area contributed by atoms with Gasteiger partial charge in [0.15, 0.2) is 0 Å². The quantitative estimate of drug-likeness (QED) is 0.602. The van der Waals surface area contributed by atoms with Crippen LogP contribution in [-0.2, 0) is 17.8 Å². The summed E-state index contributed by atoms with van der Waals surface area (Å²) in [6.07, 6.45) is 3.68.